The van der Waals surface area contributed by atoms with E-state index >= 15 is 0 Å². The number of hydrogen-bond donors (Lipinski definition) is 1. The Morgan fingerprint density at radius 1 is 1.56 bits per heavy atom. The van der Waals surface area contributed by atoms with Crippen LogP contribution in [0.1, 0.15) is 54.8 Å². The number of pyridine rings is 1. The summed E-state index contributed by atoms with van der Waals surface area (Å²) >= 11 is 1.23. The molecule has 4 heteroatoms. The van der Waals surface area contributed by atoms with Crippen LogP contribution in [0.3, 0.4) is 0 Å². The molecule has 1 aliphatic carbocycles. The molecule has 2 N–H and O–H groups in total. The highest BCUT2D eigenvalue weighted by molar-refractivity contribution is 8.13. The Morgan fingerprint density at radius 3 is 3.11 bits per heavy atom. The highest BCUT2D eigenvalue weighted by atomic mass is 32.2. The van der Waals surface area contributed by atoms with Crippen molar-refractivity contribution in [3.05, 3.63) is 29.1 Å². The van der Waals surface area contributed by atoms with Crippen molar-refractivity contribution in [2.24, 2.45) is 5.73 Å². The lowest BCUT2D eigenvalue weighted by molar-refractivity contribution is 0.267. The first-order valence-corrected chi connectivity index (χ1v) is 7.53. The third kappa shape index (κ3) is 3.25. The standard InChI is InChI=1S/C14H20N2OS/c1-2-3-6-11-9-8-10-5-4-7-12(13(10)16-11)18-14(15)17/h8-9,12H,2-7H2,1H3,(H2,15,17). The van der Waals surface area contributed by atoms with Crippen LogP contribution >= 0.6 is 11.8 Å². The second kappa shape index (κ2) is 6.23. The van der Waals surface area contributed by atoms with Crippen LogP contribution in [-0.2, 0) is 12.8 Å². The fourth-order valence-electron chi connectivity index (χ4n) is 2.40. The second-order valence-corrected chi connectivity index (χ2v) is 5.98. The first-order chi connectivity index (χ1) is 8.70. The van der Waals surface area contributed by atoms with E-state index in [2.05, 4.69) is 19.1 Å². The summed E-state index contributed by atoms with van der Waals surface area (Å²) in [5, 5.41) is -0.138. The fraction of sp³-hybridized carbons (Fsp3) is 0.571. The number of thioether (sulfide) groups is 1. The predicted molar refractivity (Wildman–Crippen MR) is 75.7 cm³/mol. The van der Waals surface area contributed by atoms with Gasteiger partial charge in [-0.2, -0.15) is 0 Å². The van der Waals surface area contributed by atoms with E-state index in [0.29, 0.717) is 0 Å². The van der Waals surface area contributed by atoms with Crippen molar-refractivity contribution in [1.82, 2.24) is 4.98 Å². The zero-order chi connectivity index (χ0) is 13.0. The molecule has 18 heavy (non-hydrogen) atoms. The van der Waals surface area contributed by atoms with Gasteiger partial charge in [-0.05, 0) is 43.7 Å². The van der Waals surface area contributed by atoms with Crippen molar-refractivity contribution >= 4 is 17.0 Å². The van der Waals surface area contributed by atoms with Gasteiger partial charge in [0.1, 0.15) is 0 Å². The van der Waals surface area contributed by atoms with Crippen molar-refractivity contribution in [2.75, 3.05) is 0 Å². The number of hydrogen-bond acceptors (Lipinski definition) is 3. The Bertz CT molecular complexity index is 434. The number of nitrogens with two attached hydrogens (primary N) is 1. The Morgan fingerprint density at radius 2 is 2.39 bits per heavy atom. The summed E-state index contributed by atoms with van der Waals surface area (Å²) in [4.78, 5) is 15.8. The third-order valence-electron chi connectivity index (χ3n) is 3.33. The number of carbonyl (C=O) groups is 1. The van der Waals surface area contributed by atoms with E-state index in [9.17, 15) is 4.79 Å². The molecule has 3 nitrogen and oxygen atoms in total. The Kier molecular flexibility index (Phi) is 4.64. The second-order valence-electron chi connectivity index (χ2n) is 4.77. The fourth-order valence-corrected chi connectivity index (χ4v) is 3.28. The van der Waals surface area contributed by atoms with Crippen LogP contribution in [0.4, 0.5) is 4.79 Å². The minimum atomic E-state index is -0.298. The van der Waals surface area contributed by atoms with E-state index in [1.807, 2.05) is 0 Å². The van der Waals surface area contributed by atoms with Crippen LogP contribution in [0, 0.1) is 0 Å². The highest BCUT2D eigenvalue weighted by Gasteiger charge is 2.24. The molecule has 1 atom stereocenters. The van der Waals surface area contributed by atoms with Gasteiger partial charge < -0.3 is 5.73 Å². The number of nitrogens with zero attached hydrogens (tertiary/aromatic N) is 1. The Hall–Kier alpha value is -1.03. The molecule has 0 fully saturated rings. The zero-order valence-electron chi connectivity index (χ0n) is 10.8. The van der Waals surface area contributed by atoms with Crippen LogP contribution in [0.5, 0.6) is 0 Å². The summed E-state index contributed by atoms with van der Waals surface area (Å²) in [7, 11) is 0. The lowest BCUT2D eigenvalue weighted by Gasteiger charge is -2.23. The van der Waals surface area contributed by atoms with E-state index in [-0.39, 0.29) is 10.5 Å². The van der Waals surface area contributed by atoms with Gasteiger partial charge in [0.25, 0.3) is 5.24 Å². The summed E-state index contributed by atoms with van der Waals surface area (Å²) in [6.45, 7) is 2.18. The van der Waals surface area contributed by atoms with Crippen LogP contribution in [0.25, 0.3) is 0 Å². The topological polar surface area (TPSA) is 56.0 Å². The molecule has 1 heterocycles. The summed E-state index contributed by atoms with van der Waals surface area (Å²) in [5.74, 6) is 0. The molecule has 0 saturated carbocycles. The van der Waals surface area contributed by atoms with E-state index in [1.165, 1.54) is 30.2 Å². The Labute approximate surface area is 113 Å². The number of unbranched alkanes of at least 4 members (excludes halogenated alkanes) is 1. The molecule has 0 bridgehead atoms. The van der Waals surface area contributed by atoms with Gasteiger partial charge in [-0.3, -0.25) is 9.78 Å². The SMILES string of the molecule is CCCCc1ccc2c(n1)C(SC(N)=O)CCC2. The molecule has 0 aromatic carbocycles. The van der Waals surface area contributed by atoms with E-state index in [0.717, 1.165) is 37.1 Å². The summed E-state index contributed by atoms with van der Waals surface area (Å²) in [6.07, 6.45) is 6.57. The van der Waals surface area contributed by atoms with Crippen LogP contribution in [0.2, 0.25) is 0 Å². The van der Waals surface area contributed by atoms with Crippen LogP contribution < -0.4 is 5.73 Å². The van der Waals surface area contributed by atoms with Gasteiger partial charge in [0, 0.05) is 5.69 Å². The zero-order valence-corrected chi connectivity index (χ0v) is 11.6. The average Bonchev–Trinajstić information content (AvgIpc) is 2.36. The smallest absolute Gasteiger partial charge is 0.277 e. The molecule has 2 rings (SSSR count). The van der Waals surface area contributed by atoms with Gasteiger partial charge in [-0.25, -0.2) is 0 Å². The first-order valence-electron chi connectivity index (χ1n) is 6.65. The maximum absolute atomic E-state index is 11.1. The van der Waals surface area contributed by atoms with Gasteiger partial charge in [0.15, 0.2) is 0 Å². The predicted octanol–water partition coefficient (Wildman–Crippen LogP) is 3.61. The molecule has 0 radical (unpaired) electrons. The molecule has 1 aromatic rings. The lowest BCUT2D eigenvalue weighted by Crippen LogP contribution is -2.14. The van der Waals surface area contributed by atoms with Crippen LogP contribution in [-0.4, -0.2) is 10.2 Å². The first kappa shape index (κ1) is 13.4. The lowest BCUT2D eigenvalue weighted by atomic mass is 9.95. The molecule has 1 unspecified atom stereocenters. The van der Waals surface area contributed by atoms with Crippen molar-refractivity contribution in [3.8, 4) is 0 Å². The molecular weight excluding hydrogens is 244 g/mol. The number of aromatic nitrogens is 1. The van der Waals surface area contributed by atoms with Crippen LogP contribution in [0.15, 0.2) is 12.1 Å². The van der Waals surface area contributed by atoms with Gasteiger partial charge in [-0.1, -0.05) is 31.2 Å². The molecule has 0 saturated heterocycles. The van der Waals surface area contributed by atoms with Crippen molar-refractivity contribution < 1.29 is 4.79 Å². The molecule has 0 spiro atoms. The number of carbonyl (C=O) groups excluding carboxylic acids is 1. The van der Waals surface area contributed by atoms with E-state index < -0.39 is 0 Å². The van der Waals surface area contributed by atoms with E-state index in [1.54, 1.807) is 0 Å². The number of amides is 1. The van der Waals surface area contributed by atoms with Gasteiger partial charge in [-0.15, -0.1) is 0 Å². The van der Waals surface area contributed by atoms with Gasteiger partial charge >= 0.3 is 0 Å². The summed E-state index contributed by atoms with van der Waals surface area (Å²) in [6, 6.07) is 4.31. The largest absolute Gasteiger partial charge is 0.360 e. The maximum atomic E-state index is 11.1. The Balaban J connectivity index is 2.20. The highest BCUT2D eigenvalue weighted by Crippen LogP contribution is 2.38. The molecule has 1 aromatic heterocycles. The van der Waals surface area contributed by atoms with Crippen molar-refractivity contribution in [1.29, 1.82) is 0 Å². The monoisotopic (exact) mass is 264 g/mol. The molecular formula is C14H20N2OS. The molecule has 0 aliphatic heterocycles. The number of primary amides is 1. The van der Waals surface area contributed by atoms with Crippen molar-refractivity contribution in [2.45, 2.75) is 50.7 Å². The number of fused-ring (bicyclic) bond motifs is 1. The summed E-state index contributed by atoms with van der Waals surface area (Å²) in [5.41, 5.74) is 8.83. The molecule has 1 amide bonds. The summed E-state index contributed by atoms with van der Waals surface area (Å²) < 4.78 is 0. The minimum absolute atomic E-state index is 0.160. The van der Waals surface area contributed by atoms with E-state index in [4.69, 9.17) is 10.7 Å². The molecule has 98 valence electrons. The maximum Gasteiger partial charge on any atom is 0.277 e. The number of rotatable bonds is 4. The van der Waals surface area contributed by atoms with Crippen molar-refractivity contribution in [3.63, 3.8) is 0 Å². The van der Waals surface area contributed by atoms with Gasteiger partial charge in [0.05, 0.1) is 10.9 Å². The average molecular weight is 264 g/mol. The normalized spacial score (nSPS) is 18.4. The van der Waals surface area contributed by atoms with Gasteiger partial charge in [0.2, 0.25) is 0 Å². The number of aryl methyl sites for hydroxylation is 2. The molecule has 1 aliphatic rings. The third-order valence-corrected chi connectivity index (χ3v) is 4.31. The quantitative estimate of drug-likeness (QED) is 0.903. The minimum Gasteiger partial charge on any atom is -0.360 e.